The van der Waals surface area contributed by atoms with Gasteiger partial charge >= 0.3 is 0 Å². The van der Waals surface area contributed by atoms with Crippen molar-refractivity contribution in [2.24, 2.45) is 0 Å². The van der Waals surface area contributed by atoms with Gasteiger partial charge in [0.15, 0.2) is 5.78 Å². The topological polar surface area (TPSA) is 42.0 Å². The van der Waals surface area contributed by atoms with Crippen LogP contribution in [0, 0.1) is 5.82 Å². The van der Waals surface area contributed by atoms with E-state index < -0.39 is 0 Å². The fraction of sp³-hybridized carbons (Fsp3) is 0.0667. The molecule has 0 fully saturated rings. The molecule has 96 valence electrons. The van der Waals surface area contributed by atoms with Gasteiger partial charge in [0.1, 0.15) is 5.82 Å². The molecule has 4 heteroatoms. The summed E-state index contributed by atoms with van der Waals surface area (Å²) < 4.78 is 13.4. The van der Waals surface area contributed by atoms with E-state index in [-0.39, 0.29) is 11.6 Å². The van der Waals surface area contributed by atoms with Crippen LogP contribution in [0.1, 0.15) is 17.3 Å². The van der Waals surface area contributed by atoms with Crippen molar-refractivity contribution in [3.05, 3.63) is 71.9 Å². The van der Waals surface area contributed by atoms with Crippen molar-refractivity contribution >= 4 is 11.5 Å². The molecule has 1 heterocycles. The minimum Gasteiger partial charge on any atom is -0.357 e. The third-order valence-electron chi connectivity index (χ3n) is 2.50. The fourth-order valence-corrected chi connectivity index (χ4v) is 1.60. The second kappa shape index (κ2) is 5.91. The molecule has 0 unspecified atom stereocenters. The number of carbonyl (C=O) groups is 1. The molecule has 0 radical (unpaired) electrons. The number of halogens is 1. The van der Waals surface area contributed by atoms with Gasteiger partial charge in [-0.2, -0.15) is 0 Å². The number of hydrogen-bond acceptors (Lipinski definition) is 3. The van der Waals surface area contributed by atoms with E-state index in [2.05, 4.69) is 10.3 Å². The number of hydrogen-bond donors (Lipinski definition) is 1. The zero-order valence-corrected chi connectivity index (χ0v) is 10.4. The number of nitrogens with one attached hydrogen (secondary N) is 1. The van der Waals surface area contributed by atoms with Crippen LogP contribution in [0.2, 0.25) is 0 Å². The monoisotopic (exact) mass is 256 g/mol. The normalized spacial score (nSPS) is 11.2. The third kappa shape index (κ3) is 3.48. The number of allylic oxidation sites excluding steroid dienone is 2. The average molecular weight is 256 g/mol. The maximum absolute atomic E-state index is 13.4. The Balaban J connectivity index is 2.12. The molecule has 1 aromatic carbocycles. The van der Waals surface area contributed by atoms with Crippen molar-refractivity contribution in [1.82, 2.24) is 4.98 Å². The molecule has 0 saturated heterocycles. The molecule has 0 aliphatic rings. The van der Waals surface area contributed by atoms with Crippen molar-refractivity contribution in [2.45, 2.75) is 6.92 Å². The lowest BCUT2D eigenvalue weighted by Gasteiger charge is -2.07. The molecule has 0 spiro atoms. The second-order valence-corrected chi connectivity index (χ2v) is 4.04. The van der Waals surface area contributed by atoms with Crippen LogP contribution in [0.5, 0.6) is 0 Å². The van der Waals surface area contributed by atoms with Gasteiger partial charge in [-0.15, -0.1) is 0 Å². The van der Waals surface area contributed by atoms with Gasteiger partial charge in [0.25, 0.3) is 0 Å². The van der Waals surface area contributed by atoms with E-state index in [1.54, 1.807) is 43.5 Å². The Morgan fingerprint density at radius 1 is 1.26 bits per heavy atom. The van der Waals surface area contributed by atoms with Crippen molar-refractivity contribution < 1.29 is 9.18 Å². The molecule has 1 N–H and O–H groups in total. The summed E-state index contributed by atoms with van der Waals surface area (Å²) in [5.74, 6) is -0.529. The van der Waals surface area contributed by atoms with Crippen molar-refractivity contribution in [3.8, 4) is 0 Å². The molecule has 0 aliphatic heterocycles. The number of anilines is 1. The highest BCUT2D eigenvalue weighted by Crippen LogP contribution is 2.15. The van der Waals surface area contributed by atoms with Crippen molar-refractivity contribution in [1.29, 1.82) is 0 Å². The fourth-order valence-electron chi connectivity index (χ4n) is 1.60. The first-order valence-electron chi connectivity index (χ1n) is 5.81. The van der Waals surface area contributed by atoms with Crippen molar-refractivity contribution in [3.63, 3.8) is 0 Å². The summed E-state index contributed by atoms with van der Waals surface area (Å²) in [4.78, 5) is 15.8. The molecule has 0 atom stereocenters. The maximum Gasteiger partial charge on any atom is 0.189 e. The summed E-state index contributed by atoms with van der Waals surface area (Å²) in [5.41, 5.74) is 1.41. The van der Waals surface area contributed by atoms with Crippen LogP contribution in [-0.4, -0.2) is 10.8 Å². The Morgan fingerprint density at radius 2 is 2.05 bits per heavy atom. The van der Waals surface area contributed by atoms with Gasteiger partial charge in [-0.1, -0.05) is 12.1 Å². The zero-order chi connectivity index (χ0) is 13.7. The maximum atomic E-state index is 13.4. The summed E-state index contributed by atoms with van der Waals surface area (Å²) >= 11 is 0. The van der Waals surface area contributed by atoms with E-state index in [0.717, 1.165) is 0 Å². The molecule has 0 saturated carbocycles. The van der Waals surface area contributed by atoms with Gasteiger partial charge < -0.3 is 5.32 Å². The summed E-state index contributed by atoms with van der Waals surface area (Å²) in [7, 11) is 0. The Bertz CT molecular complexity index is 609. The lowest BCUT2D eigenvalue weighted by atomic mass is 10.1. The lowest BCUT2D eigenvalue weighted by molar-refractivity contribution is 0.104. The standard InChI is InChI=1S/C15H13FN2O/c1-11(18-14-7-3-2-6-13(14)16)9-15(19)12-5-4-8-17-10-12/h2-10,18H,1H3. The molecule has 3 nitrogen and oxygen atoms in total. The predicted octanol–water partition coefficient (Wildman–Crippen LogP) is 3.42. The van der Waals surface area contributed by atoms with Crippen LogP contribution >= 0.6 is 0 Å². The van der Waals surface area contributed by atoms with Crippen LogP contribution in [0.25, 0.3) is 0 Å². The molecule has 2 aromatic rings. The number of carbonyl (C=O) groups excluding carboxylic acids is 1. The smallest absolute Gasteiger partial charge is 0.189 e. The molecule has 1 aromatic heterocycles. The van der Waals surface area contributed by atoms with Crippen LogP contribution in [0.15, 0.2) is 60.6 Å². The second-order valence-electron chi connectivity index (χ2n) is 4.04. The van der Waals surface area contributed by atoms with E-state index in [1.165, 1.54) is 18.3 Å². The van der Waals surface area contributed by atoms with Gasteiger partial charge in [-0.3, -0.25) is 9.78 Å². The van der Waals surface area contributed by atoms with E-state index in [9.17, 15) is 9.18 Å². The summed E-state index contributed by atoms with van der Waals surface area (Å²) in [6.07, 6.45) is 4.52. The Hall–Kier alpha value is -2.49. The molecular formula is C15H13FN2O. The lowest BCUT2D eigenvalue weighted by Crippen LogP contribution is -2.02. The van der Waals surface area contributed by atoms with Crippen molar-refractivity contribution in [2.75, 3.05) is 5.32 Å². The van der Waals surface area contributed by atoms with Crippen LogP contribution < -0.4 is 5.32 Å². The van der Waals surface area contributed by atoms with Crippen LogP contribution in [0.4, 0.5) is 10.1 Å². The molecule has 0 bridgehead atoms. The number of benzene rings is 1. The number of nitrogens with zero attached hydrogens (tertiary/aromatic N) is 1. The van der Waals surface area contributed by atoms with Gasteiger partial charge in [0, 0.05) is 29.7 Å². The number of para-hydroxylation sites is 1. The van der Waals surface area contributed by atoms with Gasteiger partial charge in [0.2, 0.25) is 0 Å². The molecule has 0 amide bonds. The first-order valence-corrected chi connectivity index (χ1v) is 5.81. The summed E-state index contributed by atoms with van der Waals surface area (Å²) in [6, 6.07) is 9.69. The zero-order valence-electron chi connectivity index (χ0n) is 10.4. The van der Waals surface area contributed by atoms with Crippen LogP contribution in [0.3, 0.4) is 0 Å². The van der Waals surface area contributed by atoms with E-state index in [1.807, 2.05) is 0 Å². The Labute approximate surface area is 110 Å². The predicted molar refractivity (Wildman–Crippen MR) is 72.3 cm³/mol. The Morgan fingerprint density at radius 3 is 2.74 bits per heavy atom. The minimum absolute atomic E-state index is 0.172. The average Bonchev–Trinajstić information content (AvgIpc) is 2.42. The first kappa shape index (κ1) is 13.0. The molecule has 0 aliphatic carbocycles. The molecule has 2 rings (SSSR count). The minimum atomic E-state index is -0.357. The largest absolute Gasteiger partial charge is 0.357 e. The molecular weight excluding hydrogens is 243 g/mol. The van der Waals surface area contributed by atoms with E-state index >= 15 is 0 Å². The quantitative estimate of drug-likeness (QED) is 0.673. The highest BCUT2D eigenvalue weighted by Gasteiger charge is 2.04. The summed E-state index contributed by atoms with van der Waals surface area (Å²) in [6.45, 7) is 1.71. The number of pyridine rings is 1. The number of rotatable bonds is 4. The number of ketones is 1. The van der Waals surface area contributed by atoms with E-state index in [0.29, 0.717) is 16.9 Å². The van der Waals surface area contributed by atoms with Gasteiger partial charge in [-0.05, 0) is 31.2 Å². The highest BCUT2D eigenvalue weighted by molar-refractivity contribution is 6.04. The van der Waals surface area contributed by atoms with Gasteiger partial charge in [-0.25, -0.2) is 4.39 Å². The SMILES string of the molecule is CC(=CC(=O)c1cccnc1)Nc1ccccc1F. The third-order valence-corrected chi connectivity index (χ3v) is 2.50. The first-order chi connectivity index (χ1) is 9.16. The number of aromatic nitrogens is 1. The molecule has 19 heavy (non-hydrogen) atoms. The van der Waals surface area contributed by atoms with Crippen LogP contribution in [-0.2, 0) is 0 Å². The van der Waals surface area contributed by atoms with E-state index in [4.69, 9.17) is 0 Å². The highest BCUT2D eigenvalue weighted by atomic mass is 19.1. The Kier molecular flexibility index (Phi) is 4.03. The summed E-state index contributed by atoms with van der Waals surface area (Å²) in [5, 5.41) is 2.86. The van der Waals surface area contributed by atoms with Gasteiger partial charge in [0.05, 0.1) is 5.69 Å².